The van der Waals surface area contributed by atoms with E-state index in [4.69, 9.17) is 15.2 Å². The van der Waals surface area contributed by atoms with E-state index in [1.54, 1.807) is 16.8 Å². The van der Waals surface area contributed by atoms with Crippen LogP contribution in [0.15, 0.2) is 29.1 Å². The number of rotatable bonds is 3. The van der Waals surface area contributed by atoms with Crippen LogP contribution < -0.4 is 5.73 Å². The topological polar surface area (TPSA) is 116 Å². The number of nitrogens with two attached hydrogens (primary N) is 1. The Morgan fingerprint density at radius 2 is 2.04 bits per heavy atom. The molecule has 2 aromatic heterocycles. The molecule has 0 aromatic carbocycles. The minimum Gasteiger partial charge on any atom is -0.387 e. The fraction of sp³-hybridized carbons (Fsp3) is 0.467. The van der Waals surface area contributed by atoms with Gasteiger partial charge >= 0.3 is 0 Å². The molecule has 24 heavy (non-hydrogen) atoms. The van der Waals surface area contributed by atoms with Crippen molar-refractivity contribution >= 4 is 32.8 Å². The van der Waals surface area contributed by atoms with Crippen LogP contribution in [0.5, 0.6) is 0 Å². The number of nitrogens with zero attached hydrogens (tertiary/aromatic N) is 3. The predicted octanol–water partition coefficient (Wildman–Crippen LogP) is 0.598. The number of ether oxygens (including phenoxy) is 2. The maximum atomic E-state index is 10.4. The average molecular weight is 397 g/mol. The second-order valence-electron chi connectivity index (χ2n) is 6.00. The van der Waals surface area contributed by atoms with Crippen LogP contribution in [0.2, 0.25) is 0 Å². The third-order valence-electron chi connectivity index (χ3n) is 4.38. The van der Waals surface area contributed by atoms with Crippen molar-refractivity contribution < 1.29 is 19.7 Å². The molecule has 0 aliphatic carbocycles. The summed E-state index contributed by atoms with van der Waals surface area (Å²) in [5.41, 5.74) is 6.42. The van der Waals surface area contributed by atoms with Crippen LogP contribution in [-0.4, -0.2) is 56.3 Å². The molecule has 8 nitrogen and oxygen atoms in total. The second-order valence-corrected chi connectivity index (χ2v) is 6.85. The van der Waals surface area contributed by atoms with E-state index < -0.39 is 24.5 Å². The zero-order chi connectivity index (χ0) is 16.8. The highest BCUT2D eigenvalue weighted by atomic mass is 79.9. The van der Waals surface area contributed by atoms with Crippen molar-refractivity contribution in [2.45, 2.75) is 24.5 Å². The molecule has 0 bridgehead atoms. The van der Waals surface area contributed by atoms with Crippen LogP contribution in [0.1, 0.15) is 6.23 Å². The number of aromatic nitrogens is 3. The normalized spacial score (nSPS) is 31.1. The van der Waals surface area contributed by atoms with E-state index in [-0.39, 0.29) is 0 Å². The molecule has 9 heteroatoms. The van der Waals surface area contributed by atoms with Crippen LogP contribution >= 0.6 is 15.9 Å². The van der Waals surface area contributed by atoms with Crippen LogP contribution in [0.4, 0.5) is 5.82 Å². The molecule has 2 saturated heterocycles. The van der Waals surface area contributed by atoms with Gasteiger partial charge in [-0.05, 0) is 15.9 Å². The maximum Gasteiger partial charge on any atom is 0.164 e. The van der Waals surface area contributed by atoms with Gasteiger partial charge < -0.3 is 30.0 Å². The van der Waals surface area contributed by atoms with Gasteiger partial charge in [0.05, 0.1) is 18.6 Å². The molecule has 0 spiro atoms. The Morgan fingerprint density at radius 1 is 1.25 bits per heavy atom. The van der Waals surface area contributed by atoms with E-state index in [0.29, 0.717) is 40.5 Å². The molecule has 0 amide bonds. The van der Waals surface area contributed by atoms with Gasteiger partial charge in [-0.3, -0.25) is 0 Å². The SMILES string of the molecule is Nc1ncnc2c1c(Br)cn2[C@@H]1O[C@H](/C=C/C2COC2)[C@@H](O)[C@H]1O. The molecule has 2 aromatic rings. The fourth-order valence-electron chi connectivity index (χ4n) is 2.96. The quantitative estimate of drug-likeness (QED) is 0.650. The Bertz CT molecular complexity index is 791. The van der Waals surface area contributed by atoms with E-state index >= 15 is 0 Å². The summed E-state index contributed by atoms with van der Waals surface area (Å²) in [7, 11) is 0. The van der Waals surface area contributed by atoms with Gasteiger partial charge in [0, 0.05) is 16.6 Å². The van der Waals surface area contributed by atoms with Gasteiger partial charge in [0.25, 0.3) is 0 Å². The van der Waals surface area contributed by atoms with Crippen LogP contribution in [0.25, 0.3) is 11.0 Å². The Morgan fingerprint density at radius 3 is 2.75 bits per heavy atom. The number of fused-ring (bicyclic) bond motifs is 1. The number of aliphatic hydroxyl groups is 2. The number of nitrogen functional groups attached to an aromatic ring is 1. The van der Waals surface area contributed by atoms with E-state index in [2.05, 4.69) is 25.9 Å². The lowest BCUT2D eigenvalue weighted by atomic mass is 10.0. The lowest BCUT2D eigenvalue weighted by Crippen LogP contribution is -2.31. The van der Waals surface area contributed by atoms with E-state index in [1.165, 1.54) is 6.33 Å². The van der Waals surface area contributed by atoms with Crippen molar-refractivity contribution in [2.75, 3.05) is 18.9 Å². The molecule has 0 unspecified atom stereocenters. The largest absolute Gasteiger partial charge is 0.387 e. The van der Waals surface area contributed by atoms with Crippen molar-refractivity contribution in [3.05, 3.63) is 29.1 Å². The van der Waals surface area contributed by atoms with E-state index in [0.717, 1.165) is 0 Å². The Balaban J connectivity index is 1.64. The summed E-state index contributed by atoms with van der Waals surface area (Å²) in [4.78, 5) is 8.19. The third-order valence-corrected chi connectivity index (χ3v) is 4.98. The highest BCUT2D eigenvalue weighted by Crippen LogP contribution is 2.36. The first-order valence-electron chi connectivity index (χ1n) is 7.60. The Labute approximate surface area is 146 Å². The van der Waals surface area contributed by atoms with Crippen molar-refractivity contribution in [3.63, 3.8) is 0 Å². The molecule has 2 fully saturated rings. The van der Waals surface area contributed by atoms with Crippen LogP contribution in [0.3, 0.4) is 0 Å². The molecule has 4 heterocycles. The Kier molecular flexibility index (Phi) is 4.05. The number of anilines is 1. The summed E-state index contributed by atoms with van der Waals surface area (Å²) < 4.78 is 13.3. The van der Waals surface area contributed by atoms with Crippen LogP contribution in [0, 0.1) is 5.92 Å². The minimum atomic E-state index is -1.09. The lowest BCUT2D eigenvalue weighted by molar-refractivity contribution is -0.0254. The van der Waals surface area contributed by atoms with Gasteiger partial charge in [0.1, 0.15) is 36.1 Å². The zero-order valence-electron chi connectivity index (χ0n) is 12.6. The van der Waals surface area contributed by atoms with Gasteiger partial charge in [-0.15, -0.1) is 0 Å². The first-order chi connectivity index (χ1) is 11.6. The van der Waals surface area contributed by atoms with Gasteiger partial charge in [-0.25, -0.2) is 9.97 Å². The highest BCUT2D eigenvalue weighted by Gasteiger charge is 2.43. The molecule has 0 radical (unpaired) electrons. The summed E-state index contributed by atoms with van der Waals surface area (Å²) in [5, 5.41) is 21.3. The van der Waals surface area contributed by atoms with Crippen molar-refractivity contribution in [1.29, 1.82) is 0 Å². The molecule has 128 valence electrons. The molecule has 4 rings (SSSR count). The Hall–Kier alpha value is -1.52. The summed E-state index contributed by atoms with van der Waals surface area (Å²) in [5.74, 6) is 0.672. The zero-order valence-corrected chi connectivity index (χ0v) is 14.2. The average Bonchev–Trinajstić information content (AvgIpc) is 2.98. The first-order valence-corrected chi connectivity index (χ1v) is 8.39. The van der Waals surface area contributed by atoms with Crippen molar-refractivity contribution in [3.8, 4) is 0 Å². The van der Waals surface area contributed by atoms with Crippen molar-refractivity contribution in [2.24, 2.45) is 5.92 Å². The highest BCUT2D eigenvalue weighted by molar-refractivity contribution is 9.10. The van der Waals surface area contributed by atoms with Crippen LogP contribution in [-0.2, 0) is 9.47 Å². The number of halogens is 1. The van der Waals surface area contributed by atoms with E-state index in [1.807, 2.05) is 6.08 Å². The molecule has 0 saturated carbocycles. The summed E-state index contributed by atoms with van der Waals surface area (Å²) >= 11 is 3.42. The van der Waals surface area contributed by atoms with Gasteiger partial charge in [-0.1, -0.05) is 12.2 Å². The predicted molar refractivity (Wildman–Crippen MR) is 89.0 cm³/mol. The van der Waals surface area contributed by atoms with Gasteiger partial charge in [0.2, 0.25) is 0 Å². The molecule has 4 N–H and O–H groups in total. The van der Waals surface area contributed by atoms with Crippen molar-refractivity contribution in [1.82, 2.24) is 14.5 Å². The molecule has 2 aliphatic rings. The standard InChI is InChI=1S/C15H17BrN4O4/c16-8-3-20(14-10(8)13(17)18-6-19-14)15-12(22)11(21)9(24-15)2-1-7-4-23-5-7/h1-3,6-7,9,11-12,15,21-22H,4-5H2,(H2,17,18,19)/b2-1+/t9-,11-,12-,15-/m1/s1. The monoisotopic (exact) mass is 396 g/mol. The molecule has 4 atom stereocenters. The van der Waals surface area contributed by atoms with E-state index in [9.17, 15) is 10.2 Å². The third kappa shape index (κ3) is 2.52. The second kappa shape index (κ2) is 6.08. The molecule has 2 aliphatic heterocycles. The number of aliphatic hydroxyl groups excluding tert-OH is 2. The molecular formula is C15H17BrN4O4. The summed E-state index contributed by atoms with van der Waals surface area (Å²) in [6, 6.07) is 0. The number of hydrogen-bond acceptors (Lipinski definition) is 7. The smallest absolute Gasteiger partial charge is 0.164 e. The van der Waals surface area contributed by atoms with Gasteiger partial charge in [0.15, 0.2) is 6.23 Å². The number of hydrogen-bond donors (Lipinski definition) is 3. The minimum absolute atomic E-state index is 0.333. The first kappa shape index (κ1) is 16.0. The summed E-state index contributed by atoms with van der Waals surface area (Å²) in [6.07, 6.45) is 3.34. The maximum absolute atomic E-state index is 10.4. The summed E-state index contributed by atoms with van der Waals surface area (Å²) in [6.45, 7) is 1.35. The van der Waals surface area contributed by atoms with Gasteiger partial charge in [-0.2, -0.15) is 0 Å². The fourth-order valence-corrected chi connectivity index (χ4v) is 3.56. The lowest BCUT2D eigenvalue weighted by Gasteiger charge is -2.23. The molecular weight excluding hydrogens is 380 g/mol.